The first kappa shape index (κ1) is 16.3. The van der Waals surface area contributed by atoms with E-state index in [1.54, 1.807) is 29.6 Å². The minimum atomic E-state index is -0.832. The summed E-state index contributed by atoms with van der Waals surface area (Å²) in [5.74, 6) is -0.273. The number of fused-ring (bicyclic) bond motifs is 1. The highest BCUT2D eigenvalue weighted by molar-refractivity contribution is 7.07. The molecule has 1 aliphatic rings. The fourth-order valence-corrected chi connectivity index (χ4v) is 2.87. The predicted molar refractivity (Wildman–Crippen MR) is 86.7 cm³/mol. The molecule has 8 heteroatoms. The number of thiophene rings is 1. The van der Waals surface area contributed by atoms with E-state index in [9.17, 15) is 14.7 Å². The molecule has 0 fully saturated rings. The second-order valence-electron chi connectivity index (χ2n) is 5.15. The molecule has 1 atom stereocenters. The standard InChI is InChI=1S/C16H16N2O5S/c19-12(11-3-4-24-8-11)7-18-16(21)15(20)17-6-10-1-2-13-14(5-10)23-9-22-13/h1-5,8,12,19H,6-7,9H2,(H,17,20)(H,18,21). The molecule has 2 amide bonds. The first-order valence-corrected chi connectivity index (χ1v) is 8.22. The van der Waals surface area contributed by atoms with Crippen LogP contribution in [-0.4, -0.2) is 30.3 Å². The maximum atomic E-state index is 11.8. The molecule has 7 nitrogen and oxygen atoms in total. The highest BCUT2D eigenvalue weighted by atomic mass is 32.1. The van der Waals surface area contributed by atoms with E-state index < -0.39 is 17.9 Å². The zero-order valence-electron chi connectivity index (χ0n) is 12.7. The zero-order valence-corrected chi connectivity index (χ0v) is 13.5. The van der Waals surface area contributed by atoms with E-state index in [-0.39, 0.29) is 19.9 Å². The van der Waals surface area contributed by atoms with E-state index in [0.717, 1.165) is 5.56 Å². The predicted octanol–water partition coefficient (Wildman–Crippen LogP) is 0.943. The molecule has 0 saturated carbocycles. The molecule has 126 valence electrons. The van der Waals surface area contributed by atoms with Gasteiger partial charge in [-0.25, -0.2) is 0 Å². The van der Waals surface area contributed by atoms with Gasteiger partial charge >= 0.3 is 11.8 Å². The van der Waals surface area contributed by atoms with Crippen molar-refractivity contribution in [2.24, 2.45) is 0 Å². The Labute approximate surface area is 142 Å². The lowest BCUT2D eigenvalue weighted by molar-refractivity contribution is -0.139. The van der Waals surface area contributed by atoms with Crippen LogP contribution in [0.2, 0.25) is 0 Å². The van der Waals surface area contributed by atoms with Crippen LogP contribution in [0.25, 0.3) is 0 Å². The molecule has 1 aromatic carbocycles. The van der Waals surface area contributed by atoms with Gasteiger partial charge in [0, 0.05) is 13.1 Å². The monoisotopic (exact) mass is 348 g/mol. The fourth-order valence-electron chi connectivity index (χ4n) is 2.17. The Kier molecular flexibility index (Phi) is 4.97. The van der Waals surface area contributed by atoms with Crippen LogP contribution < -0.4 is 20.1 Å². The number of hydrogen-bond donors (Lipinski definition) is 3. The van der Waals surface area contributed by atoms with Gasteiger partial charge in [0.05, 0.1) is 6.10 Å². The topological polar surface area (TPSA) is 96.9 Å². The Bertz CT molecular complexity index is 732. The van der Waals surface area contributed by atoms with Crippen molar-refractivity contribution >= 4 is 23.2 Å². The first-order chi connectivity index (χ1) is 11.6. The summed E-state index contributed by atoms with van der Waals surface area (Å²) in [6.07, 6.45) is -0.832. The van der Waals surface area contributed by atoms with Gasteiger partial charge in [0.15, 0.2) is 11.5 Å². The number of nitrogens with one attached hydrogen (secondary N) is 2. The first-order valence-electron chi connectivity index (χ1n) is 7.28. The van der Waals surface area contributed by atoms with Crippen LogP contribution in [-0.2, 0) is 16.1 Å². The molecule has 0 saturated heterocycles. The molecule has 0 aliphatic carbocycles. The van der Waals surface area contributed by atoms with Crippen molar-refractivity contribution in [3.8, 4) is 11.5 Å². The van der Waals surface area contributed by atoms with Crippen LogP contribution in [0.4, 0.5) is 0 Å². The number of aliphatic hydroxyl groups is 1. The molecular weight excluding hydrogens is 332 g/mol. The SMILES string of the molecule is O=C(NCc1ccc2c(c1)OCO2)C(=O)NCC(O)c1ccsc1. The van der Waals surface area contributed by atoms with E-state index in [4.69, 9.17) is 9.47 Å². The molecular formula is C16H16N2O5S. The van der Waals surface area contributed by atoms with Gasteiger partial charge in [-0.15, -0.1) is 0 Å². The highest BCUT2D eigenvalue weighted by Gasteiger charge is 2.17. The minimum absolute atomic E-state index is 0.0208. The van der Waals surface area contributed by atoms with Crippen LogP contribution in [0.1, 0.15) is 17.2 Å². The van der Waals surface area contributed by atoms with Crippen LogP contribution >= 0.6 is 11.3 Å². The third kappa shape index (κ3) is 3.84. The lowest BCUT2D eigenvalue weighted by atomic mass is 10.2. The maximum absolute atomic E-state index is 11.8. The number of ether oxygens (including phenoxy) is 2. The highest BCUT2D eigenvalue weighted by Crippen LogP contribution is 2.32. The van der Waals surface area contributed by atoms with Gasteiger partial charge in [-0.1, -0.05) is 6.07 Å². The van der Waals surface area contributed by atoms with Gasteiger partial charge in [0.25, 0.3) is 0 Å². The van der Waals surface area contributed by atoms with Crippen LogP contribution in [0, 0.1) is 0 Å². The Balaban J connectivity index is 1.45. The van der Waals surface area contributed by atoms with Crippen LogP contribution in [0.5, 0.6) is 11.5 Å². The van der Waals surface area contributed by atoms with Gasteiger partial charge in [0.2, 0.25) is 6.79 Å². The van der Waals surface area contributed by atoms with E-state index >= 15 is 0 Å². The Morgan fingerprint density at radius 2 is 1.96 bits per heavy atom. The fraction of sp³-hybridized carbons (Fsp3) is 0.250. The van der Waals surface area contributed by atoms with Crippen molar-refractivity contribution in [3.05, 3.63) is 46.2 Å². The molecule has 0 spiro atoms. The van der Waals surface area contributed by atoms with Crippen molar-refractivity contribution in [3.63, 3.8) is 0 Å². The number of carbonyl (C=O) groups is 2. The van der Waals surface area contributed by atoms with Gasteiger partial charge in [-0.05, 0) is 40.1 Å². The number of carbonyl (C=O) groups excluding carboxylic acids is 2. The lowest BCUT2D eigenvalue weighted by Gasteiger charge is -2.10. The molecule has 1 aromatic heterocycles. The molecule has 1 unspecified atom stereocenters. The van der Waals surface area contributed by atoms with Crippen molar-refractivity contribution in [2.75, 3.05) is 13.3 Å². The average molecular weight is 348 g/mol. The Morgan fingerprint density at radius 3 is 2.75 bits per heavy atom. The van der Waals surface area contributed by atoms with Crippen LogP contribution in [0.15, 0.2) is 35.0 Å². The van der Waals surface area contributed by atoms with E-state index in [1.807, 2.05) is 5.38 Å². The summed E-state index contributed by atoms with van der Waals surface area (Å²) in [5.41, 5.74) is 1.50. The zero-order chi connectivity index (χ0) is 16.9. The summed E-state index contributed by atoms with van der Waals surface area (Å²) in [4.78, 5) is 23.5. The number of hydrogen-bond acceptors (Lipinski definition) is 6. The Hall–Kier alpha value is -2.58. The second-order valence-corrected chi connectivity index (χ2v) is 5.93. The molecule has 2 aromatic rings. The average Bonchev–Trinajstić information content (AvgIpc) is 3.27. The molecule has 0 bridgehead atoms. The normalized spacial score (nSPS) is 13.4. The smallest absolute Gasteiger partial charge is 0.309 e. The summed E-state index contributed by atoms with van der Waals surface area (Å²) < 4.78 is 10.5. The largest absolute Gasteiger partial charge is 0.454 e. The van der Waals surface area contributed by atoms with Crippen molar-refractivity contribution in [1.29, 1.82) is 0 Å². The van der Waals surface area contributed by atoms with Crippen molar-refractivity contribution < 1.29 is 24.2 Å². The van der Waals surface area contributed by atoms with Crippen molar-refractivity contribution in [2.45, 2.75) is 12.6 Å². The third-order valence-corrected chi connectivity index (χ3v) is 4.18. The Morgan fingerprint density at radius 1 is 1.17 bits per heavy atom. The number of benzene rings is 1. The van der Waals surface area contributed by atoms with E-state index in [1.165, 1.54) is 11.3 Å². The maximum Gasteiger partial charge on any atom is 0.309 e. The lowest BCUT2D eigenvalue weighted by Crippen LogP contribution is -2.41. The second kappa shape index (κ2) is 7.33. The minimum Gasteiger partial charge on any atom is -0.454 e. The summed E-state index contributed by atoms with van der Waals surface area (Å²) >= 11 is 1.45. The van der Waals surface area contributed by atoms with E-state index in [0.29, 0.717) is 17.1 Å². The van der Waals surface area contributed by atoms with Gasteiger partial charge in [0.1, 0.15) is 0 Å². The summed E-state index contributed by atoms with van der Waals surface area (Å²) in [6.45, 7) is 0.350. The van der Waals surface area contributed by atoms with Gasteiger partial charge in [-0.3, -0.25) is 9.59 Å². The molecule has 2 heterocycles. The molecule has 3 rings (SSSR count). The van der Waals surface area contributed by atoms with E-state index in [2.05, 4.69) is 10.6 Å². The molecule has 24 heavy (non-hydrogen) atoms. The summed E-state index contributed by atoms with van der Waals surface area (Å²) in [5, 5.41) is 18.4. The number of aliphatic hydroxyl groups excluding tert-OH is 1. The summed E-state index contributed by atoms with van der Waals surface area (Å²) in [7, 11) is 0. The van der Waals surface area contributed by atoms with Gasteiger partial charge < -0.3 is 25.2 Å². The molecule has 3 N–H and O–H groups in total. The molecule has 1 aliphatic heterocycles. The van der Waals surface area contributed by atoms with Crippen LogP contribution in [0.3, 0.4) is 0 Å². The van der Waals surface area contributed by atoms with Crippen molar-refractivity contribution in [1.82, 2.24) is 10.6 Å². The number of rotatable bonds is 5. The molecule has 0 radical (unpaired) electrons. The number of amides is 2. The van der Waals surface area contributed by atoms with Gasteiger partial charge in [-0.2, -0.15) is 11.3 Å². The third-order valence-electron chi connectivity index (χ3n) is 3.48. The summed E-state index contributed by atoms with van der Waals surface area (Å²) in [6, 6.07) is 7.05. The quantitative estimate of drug-likeness (QED) is 0.699.